The molecule has 0 N–H and O–H groups in total. The molecule has 7 aromatic carbocycles. The second kappa shape index (κ2) is 7.94. The van der Waals surface area contributed by atoms with Gasteiger partial charge in [0.2, 0.25) is 0 Å². The fraction of sp³-hybridized carbons (Fsp3) is 0. The fourth-order valence-corrected chi connectivity index (χ4v) is 6.01. The van der Waals surface area contributed by atoms with Gasteiger partial charge >= 0.3 is 0 Å². The molecule has 0 amide bonds. The van der Waals surface area contributed by atoms with Gasteiger partial charge in [-0.3, -0.25) is 0 Å². The molecule has 0 radical (unpaired) electrons. The Hall–Kier alpha value is -5.62. The van der Waals surface area contributed by atoms with Crippen LogP contribution in [0.25, 0.3) is 76.5 Å². The fourth-order valence-electron chi connectivity index (χ4n) is 6.01. The molecule has 0 aliphatic heterocycles. The molecule has 2 aromatic heterocycles. The average molecular weight is 513 g/mol. The highest BCUT2D eigenvalue weighted by Gasteiger charge is 2.16. The van der Waals surface area contributed by atoms with Gasteiger partial charge in [-0.15, -0.1) is 20.4 Å². The van der Waals surface area contributed by atoms with Crippen LogP contribution in [0, 0.1) is 0 Å². The number of aromatic nitrogens is 6. The van der Waals surface area contributed by atoms with Crippen molar-refractivity contribution in [2.24, 2.45) is 0 Å². The van der Waals surface area contributed by atoms with E-state index in [4.69, 9.17) is 20.4 Å². The van der Waals surface area contributed by atoms with E-state index in [1.54, 1.807) is 9.59 Å². The van der Waals surface area contributed by atoms with E-state index in [2.05, 4.69) is 97.1 Å². The molecular formula is C34H20N6. The topological polar surface area (TPSA) is 61.4 Å². The van der Waals surface area contributed by atoms with Gasteiger partial charge in [0.25, 0.3) is 0 Å². The maximum Gasteiger partial charge on any atom is 0.122 e. The van der Waals surface area contributed by atoms with E-state index in [1.165, 1.54) is 21.5 Å². The van der Waals surface area contributed by atoms with E-state index >= 15 is 0 Å². The van der Waals surface area contributed by atoms with Crippen LogP contribution in [-0.2, 0) is 0 Å². The second-order valence-corrected chi connectivity index (χ2v) is 10.1. The average Bonchev–Trinajstić information content (AvgIpc) is 3.68. The van der Waals surface area contributed by atoms with E-state index in [-0.39, 0.29) is 0 Å². The molecule has 0 unspecified atom stereocenters. The van der Waals surface area contributed by atoms with Crippen molar-refractivity contribution in [2.45, 2.75) is 0 Å². The van der Waals surface area contributed by atoms with Crippen molar-refractivity contribution in [1.82, 2.24) is 30.0 Å². The van der Waals surface area contributed by atoms with Crippen LogP contribution < -0.4 is 0 Å². The minimum absolute atomic E-state index is 0.845. The molecule has 0 bridgehead atoms. The second-order valence-electron chi connectivity index (χ2n) is 10.1. The van der Waals surface area contributed by atoms with E-state index in [9.17, 15) is 0 Å². The minimum Gasteiger partial charge on any atom is -0.150 e. The Morgan fingerprint density at radius 1 is 0.300 bits per heavy atom. The predicted molar refractivity (Wildman–Crippen MR) is 161 cm³/mol. The lowest BCUT2D eigenvalue weighted by Gasteiger charge is -2.04. The van der Waals surface area contributed by atoms with E-state index in [0.717, 1.165) is 55.0 Å². The zero-order chi connectivity index (χ0) is 26.2. The molecule has 186 valence electrons. The molecule has 2 heterocycles. The molecule has 0 aliphatic rings. The number of fused-ring (bicyclic) bond motifs is 12. The molecule has 0 fully saturated rings. The van der Waals surface area contributed by atoms with Crippen LogP contribution in [0.5, 0.6) is 0 Å². The third kappa shape index (κ3) is 2.93. The minimum atomic E-state index is 0.845. The van der Waals surface area contributed by atoms with Gasteiger partial charge in [0.1, 0.15) is 22.1 Å². The molecule has 0 saturated heterocycles. The molecule has 6 nitrogen and oxygen atoms in total. The summed E-state index contributed by atoms with van der Waals surface area (Å²) in [5.41, 5.74) is 5.25. The molecule has 6 heteroatoms. The Bertz CT molecular complexity index is 2140. The quantitative estimate of drug-likeness (QED) is 0.222. The van der Waals surface area contributed by atoms with Gasteiger partial charge < -0.3 is 0 Å². The van der Waals surface area contributed by atoms with Crippen molar-refractivity contribution in [3.05, 3.63) is 121 Å². The Balaban J connectivity index is 1.26. The maximum atomic E-state index is 4.98. The number of nitrogens with zero attached hydrogens (tertiary/aromatic N) is 6. The molecule has 9 rings (SSSR count). The number of rotatable bonds is 2. The number of hydrogen-bond donors (Lipinski definition) is 0. The third-order valence-electron chi connectivity index (χ3n) is 7.83. The van der Waals surface area contributed by atoms with Crippen molar-refractivity contribution < 1.29 is 0 Å². The normalized spacial score (nSPS) is 12.0. The highest BCUT2D eigenvalue weighted by molar-refractivity contribution is 6.24. The monoisotopic (exact) mass is 512 g/mol. The van der Waals surface area contributed by atoms with Crippen molar-refractivity contribution in [2.75, 3.05) is 0 Å². The van der Waals surface area contributed by atoms with Crippen LogP contribution in [0.4, 0.5) is 0 Å². The standard InChI is InChI=1S/C34H20N6/c1-5-16-27-23(12-1)24-13-2-6-17-28(24)32-31(27)35-39(36-32)21-10-9-11-22(20-21)40-37-33-29-18-7-3-14-25(29)26-15-4-8-19-30(26)34(33)38-40/h1-20H. The van der Waals surface area contributed by atoms with Gasteiger partial charge in [-0.05, 0) is 39.7 Å². The lowest BCUT2D eigenvalue weighted by Crippen LogP contribution is -2.03. The van der Waals surface area contributed by atoms with Gasteiger partial charge in [-0.25, -0.2) is 0 Å². The van der Waals surface area contributed by atoms with Gasteiger partial charge in [0.05, 0.1) is 11.4 Å². The largest absolute Gasteiger partial charge is 0.150 e. The summed E-state index contributed by atoms with van der Waals surface area (Å²) in [6.07, 6.45) is 0. The number of benzene rings is 7. The summed E-state index contributed by atoms with van der Waals surface area (Å²) in [4.78, 5) is 3.45. The summed E-state index contributed by atoms with van der Waals surface area (Å²) >= 11 is 0. The summed E-state index contributed by atoms with van der Waals surface area (Å²) in [7, 11) is 0. The molecule has 0 aliphatic carbocycles. The van der Waals surface area contributed by atoms with Crippen LogP contribution in [0.2, 0.25) is 0 Å². The van der Waals surface area contributed by atoms with Crippen molar-refractivity contribution in [1.29, 1.82) is 0 Å². The Morgan fingerprint density at radius 2 is 0.575 bits per heavy atom. The first-order chi connectivity index (χ1) is 19.8. The molecular weight excluding hydrogens is 492 g/mol. The molecule has 0 spiro atoms. The lowest BCUT2D eigenvalue weighted by atomic mass is 10.0. The Morgan fingerprint density at radius 3 is 0.875 bits per heavy atom. The zero-order valence-corrected chi connectivity index (χ0v) is 21.2. The van der Waals surface area contributed by atoms with Crippen LogP contribution in [0.3, 0.4) is 0 Å². The first kappa shape index (κ1) is 21.3. The first-order valence-electron chi connectivity index (χ1n) is 13.3. The van der Waals surface area contributed by atoms with Crippen LogP contribution in [0.1, 0.15) is 0 Å². The smallest absolute Gasteiger partial charge is 0.122 e. The van der Waals surface area contributed by atoms with Crippen molar-refractivity contribution >= 4 is 65.2 Å². The third-order valence-corrected chi connectivity index (χ3v) is 7.83. The first-order valence-corrected chi connectivity index (χ1v) is 13.3. The predicted octanol–water partition coefficient (Wildman–Crippen LogP) is 7.77. The lowest BCUT2D eigenvalue weighted by molar-refractivity contribution is 0.746. The van der Waals surface area contributed by atoms with Gasteiger partial charge in [0, 0.05) is 21.5 Å². The Labute approximate surface area is 227 Å². The van der Waals surface area contributed by atoms with Crippen molar-refractivity contribution in [3.8, 4) is 11.4 Å². The molecule has 9 aromatic rings. The molecule has 0 atom stereocenters. The summed E-state index contributed by atoms with van der Waals surface area (Å²) in [5.74, 6) is 0. The van der Waals surface area contributed by atoms with Gasteiger partial charge in [-0.1, -0.05) is 103 Å². The van der Waals surface area contributed by atoms with Crippen LogP contribution in [-0.4, -0.2) is 30.0 Å². The highest BCUT2D eigenvalue weighted by atomic mass is 15.5. The SMILES string of the molecule is c1cc(-n2nc3c4ccccc4c4ccccc4c3n2)cc(-n2nc3c4ccccc4c4ccccc4c3n2)c1. The summed E-state index contributed by atoms with van der Waals surface area (Å²) in [6, 6.07) is 41.6. The van der Waals surface area contributed by atoms with E-state index < -0.39 is 0 Å². The summed E-state index contributed by atoms with van der Waals surface area (Å²) in [5, 5.41) is 29.0. The van der Waals surface area contributed by atoms with Crippen LogP contribution >= 0.6 is 0 Å². The van der Waals surface area contributed by atoms with Crippen molar-refractivity contribution in [3.63, 3.8) is 0 Å². The van der Waals surface area contributed by atoms with Gasteiger partial charge in [-0.2, -0.15) is 9.59 Å². The molecule has 0 saturated carbocycles. The Kier molecular flexibility index (Phi) is 4.24. The summed E-state index contributed by atoms with van der Waals surface area (Å²) < 4.78 is 0. The van der Waals surface area contributed by atoms with E-state index in [1.807, 2.05) is 24.3 Å². The molecule has 40 heavy (non-hydrogen) atoms. The van der Waals surface area contributed by atoms with Gasteiger partial charge in [0.15, 0.2) is 0 Å². The summed E-state index contributed by atoms with van der Waals surface area (Å²) in [6.45, 7) is 0. The van der Waals surface area contributed by atoms with Crippen LogP contribution in [0.15, 0.2) is 121 Å². The highest BCUT2D eigenvalue weighted by Crippen LogP contribution is 2.35. The zero-order valence-electron chi connectivity index (χ0n) is 21.2. The van der Waals surface area contributed by atoms with E-state index in [0.29, 0.717) is 0 Å². The maximum absolute atomic E-state index is 4.98. The number of hydrogen-bond acceptors (Lipinski definition) is 4.